The van der Waals surface area contributed by atoms with Gasteiger partial charge >= 0.3 is 0 Å². The summed E-state index contributed by atoms with van der Waals surface area (Å²) in [5, 5.41) is 0.298. The van der Waals surface area contributed by atoms with Gasteiger partial charge < -0.3 is 15.2 Å². The number of hydrogen-bond donors (Lipinski definition) is 1. The number of methoxy groups -OCH3 is 1. The average molecular weight is 258 g/mol. The van der Waals surface area contributed by atoms with Crippen LogP contribution in [0.2, 0.25) is 5.15 Å². The fraction of sp³-hybridized carbons (Fsp3) is 0.636. The fourth-order valence-corrected chi connectivity index (χ4v) is 2.25. The number of nitrogens with zero attached hydrogens (tertiary/aromatic N) is 2. The predicted octanol–water partition coefficient (Wildman–Crippen LogP) is 2.05. The molecular weight excluding hydrogens is 242 g/mol. The Morgan fingerprint density at radius 3 is 2.82 bits per heavy atom. The summed E-state index contributed by atoms with van der Waals surface area (Å²) in [6.07, 6.45) is 4.43. The van der Waals surface area contributed by atoms with E-state index in [1.54, 1.807) is 13.2 Å². The summed E-state index contributed by atoms with van der Waals surface area (Å²) in [6, 6.07) is 1.58. The van der Waals surface area contributed by atoms with Crippen LogP contribution in [0.4, 0.5) is 5.95 Å². The Morgan fingerprint density at radius 2 is 2.12 bits per heavy atom. The second-order valence-corrected chi connectivity index (χ2v) is 4.54. The zero-order valence-electron chi connectivity index (χ0n) is 9.73. The molecule has 1 aliphatic carbocycles. The molecule has 0 aliphatic heterocycles. The third-order valence-corrected chi connectivity index (χ3v) is 3.08. The van der Waals surface area contributed by atoms with Crippen LogP contribution in [0.15, 0.2) is 6.07 Å². The highest BCUT2D eigenvalue weighted by Gasteiger charge is 2.23. The molecule has 0 bridgehead atoms. The van der Waals surface area contributed by atoms with Gasteiger partial charge in [0.2, 0.25) is 11.8 Å². The Kier molecular flexibility index (Phi) is 4.02. The molecule has 2 N–H and O–H groups in total. The van der Waals surface area contributed by atoms with Crippen LogP contribution in [0.25, 0.3) is 0 Å². The first-order chi connectivity index (χ1) is 8.17. The van der Waals surface area contributed by atoms with Crippen LogP contribution in [0.1, 0.15) is 25.7 Å². The first-order valence-electron chi connectivity index (χ1n) is 5.67. The van der Waals surface area contributed by atoms with Gasteiger partial charge in [0.05, 0.1) is 6.10 Å². The molecule has 0 radical (unpaired) electrons. The quantitative estimate of drug-likeness (QED) is 0.840. The SMILES string of the molecule is COC1CCCC(Oc2cc(Cl)nc(N)n2)C1. The summed E-state index contributed by atoms with van der Waals surface area (Å²) >= 11 is 5.79. The zero-order valence-corrected chi connectivity index (χ0v) is 10.5. The van der Waals surface area contributed by atoms with E-state index in [-0.39, 0.29) is 18.2 Å². The molecule has 0 spiro atoms. The van der Waals surface area contributed by atoms with E-state index in [0.29, 0.717) is 11.0 Å². The summed E-state index contributed by atoms with van der Waals surface area (Å²) in [5.74, 6) is 0.566. The lowest BCUT2D eigenvalue weighted by atomic mass is 9.95. The molecule has 5 nitrogen and oxygen atoms in total. The molecule has 0 amide bonds. The number of halogens is 1. The lowest BCUT2D eigenvalue weighted by molar-refractivity contribution is 0.0195. The van der Waals surface area contributed by atoms with Gasteiger partial charge in [-0.25, -0.2) is 4.98 Å². The van der Waals surface area contributed by atoms with Crippen LogP contribution in [-0.4, -0.2) is 29.3 Å². The van der Waals surface area contributed by atoms with Crippen molar-refractivity contribution in [2.24, 2.45) is 0 Å². The van der Waals surface area contributed by atoms with Crippen molar-refractivity contribution >= 4 is 17.5 Å². The van der Waals surface area contributed by atoms with Crippen LogP contribution < -0.4 is 10.5 Å². The topological polar surface area (TPSA) is 70.3 Å². The Hall–Kier alpha value is -1.07. The standard InChI is InChI=1S/C11H16ClN3O2/c1-16-7-3-2-4-8(5-7)17-10-6-9(12)14-11(13)15-10/h6-8H,2-5H2,1H3,(H2,13,14,15). The number of nitrogens with two attached hydrogens (primary N) is 1. The van der Waals surface area contributed by atoms with E-state index in [2.05, 4.69) is 9.97 Å². The monoisotopic (exact) mass is 257 g/mol. The van der Waals surface area contributed by atoms with Crippen LogP contribution in [0.5, 0.6) is 5.88 Å². The van der Waals surface area contributed by atoms with E-state index >= 15 is 0 Å². The van der Waals surface area contributed by atoms with Gasteiger partial charge in [-0.15, -0.1) is 0 Å². The second kappa shape index (κ2) is 5.51. The van der Waals surface area contributed by atoms with Gasteiger partial charge in [-0.05, 0) is 19.3 Å². The minimum Gasteiger partial charge on any atom is -0.474 e. The first kappa shape index (κ1) is 12.4. The van der Waals surface area contributed by atoms with Crippen molar-refractivity contribution in [2.45, 2.75) is 37.9 Å². The highest BCUT2D eigenvalue weighted by molar-refractivity contribution is 6.29. The van der Waals surface area contributed by atoms with Crippen molar-refractivity contribution in [2.75, 3.05) is 12.8 Å². The summed E-state index contributed by atoms with van der Waals surface area (Å²) in [7, 11) is 1.73. The number of anilines is 1. The minimum absolute atomic E-state index is 0.110. The van der Waals surface area contributed by atoms with E-state index in [9.17, 15) is 0 Å². The molecule has 1 aromatic rings. The molecule has 2 rings (SSSR count). The largest absolute Gasteiger partial charge is 0.474 e. The third kappa shape index (κ3) is 3.44. The van der Waals surface area contributed by atoms with Crippen molar-refractivity contribution in [1.82, 2.24) is 9.97 Å². The number of nitrogen functional groups attached to an aromatic ring is 1. The first-order valence-corrected chi connectivity index (χ1v) is 6.04. The van der Waals surface area contributed by atoms with Crippen LogP contribution >= 0.6 is 11.6 Å². The lowest BCUT2D eigenvalue weighted by Gasteiger charge is -2.28. The Bertz CT molecular complexity index is 369. The number of hydrogen-bond acceptors (Lipinski definition) is 5. The maximum Gasteiger partial charge on any atom is 0.224 e. The summed E-state index contributed by atoms with van der Waals surface area (Å²) < 4.78 is 11.1. The molecule has 1 fully saturated rings. The molecule has 2 atom stereocenters. The van der Waals surface area contributed by atoms with Crippen LogP contribution in [0, 0.1) is 0 Å². The van der Waals surface area contributed by atoms with E-state index < -0.39 is 0 Å². The van der Waals surface area contributed by atoms with Gasteiger partial charge in [0.1, 0.15) is 11.3 Å². The van der Waals surface area contributed by atoms with E-state index in [0.717, 1.165) is 25.7 Å². The zero-order chi connectivity index (χ0) is 12.3. The van der Waals surface area contributed by atoms with Crippen molar-refractivity contribution in [1.29, 1.82) is 0 Å². The van der Waals surface area contributed by atoms with Crippen molar-refractivity contribution in [3.05, 3.63) is 11.2 Å². The van der Waals surface area contributed by atoms with Crippen molar-refractivity contribution in [3.8, 4) is 5.88 Å². The molecule has 1 heterocycles. The number of rotatable bonds is 3. The molecule has 17 heavy (non-hydrogen) atoms. The molecule has 1 aromatic heterocycles. The molecule has 6 heteroatoms. The molecular formula is C11H16ClN3O2. The molecule has 1 aliphatic rings. The molecule has 0 saturated heterocycles. The number of aromatic nitrogens is 2. The Morgan fingerprint density at radius 1 is 1.35 bits per heavy atom. The van der Waals surface area contributed by atoms with Crippen molar-refractivity contribution in [3.63, 3.8) is 0 Å². The van der Waals surface area contributed by atoms with Crippen molar-refractivity contribution < 1.29 is 9.47 Å². The number of ether oxygens (including phenoxy) is 2. The highest BCUT2D eigenvalue weighted by Crippen LogP contribution is 2.25. The minimum atomic E-state index is 0.110. The molecule has 1 saturated carbocycles. The predicted molar refractivity (Wildman–Crippen MR) is 65.1 cm³/mol. The molecule has 2 unspecified atom stereocenters. The molecule has 0 aromatic carbocycles. The molecule has 94 valence electrons. The maximum absolute atomic E-state index is 5.79. The summed E-state index contributed by atoms with van der Waals surface area (Å²) in [4.78, 5) is 7.78. The van der Waals surface area contributed by atoms with E-state index in [1.165, 1.54) is 0 Å². The van der Waals surface area contributed by atoms with Gasteiger partial charge in [0.25, 0.3) is 0 Å². The fourth-order valence-electron chi connectivity index (χ4n) is 2.07. The normalized spacial score (nSPS) is 24.6. The van der Waals surface area contributed by atoms with Crippen LogP contribution in [-0.2, 0) is 4.74 Å². The van der Waals surface area contributed by atoms with Gasteiger partial charge in [-0.1, -0.05) is 11.6 Å². The third-order valence-electron chi connectivity index (χ3n) is 2.89. The van der Waals surface area contributed by atoms with Gasteiger partial charge in [0.15, 0.2) is 0 Å². The second-order valence-electron chi connectivity index (χ2n) is 4.15. The highest BCUT2D eigenvalue weighted by atomic mass is 35.5. The summed E-state index contributed by atoms with van der Waals surface area (Å²) in [5.41, 5.74) is 5.51. The van der Waals surface area contributed by atoms with E-state index in [1.807, 2.05) is 0 Å². The Labute approximate surface area is 105 Å². The van der Waals surface area contributed by atoms with Crippen LogP contribution in [0.3, 0.4) is 0 Å². The Balaban J connectivity index is 2.00. The van der Waals surface area contributed by atoms with E-state index in [4.69, 9.17) is 26.8 Å². The lowest BCUT2D eigenvalue weighted by Crippen LogP contribution is -2.29. The maximum atomic E-state index is 5.79. The van der Waals surface area contributed by atoms with Gasteiger partial charge in [-0.2, -0.15) is 4.98 Å². The summed E-state index contributed by atoms with van der Waals surface area (Å²) in [6.45, 7) is 0. The van der Waals surface area contributed by atoms with Gasteiger partial charge in [-0.3, -0.25) is 0 Å². The average Bonchev–Trinajstić information content (AvgIpc) is 2.28. The smallest absolute Gasteiger partial charge is 0.224 e. The van der Waals surface area contributed by atoms with Gasteiger partial charge in [0, 0.05) is 19.6 Å².